The molecule has 0 saturated carbocycles. The second kappa shape index (κ2) is 5.40. The lowest BCUT2D eigenvalue weighted by Crippen LogP contribution is -2.12. The first-order valence-corrected chi connectivity index (χ1v) is 8.43. The van der Waals surface area contributed by atoms with Crippen molar-refractivity contribution in [1.29, 1.82) is 0 Å². The summed E-state index contributed by atoms with van der Waals surface area (Å²) < 4.78 is 44.6. The van der Waals surface area contributed by atoms with Crippen LogP contribution in [0.4, 0.5) is 4.39 Å². The maximum atomic E-state index is 14.0. The molecule has 0 radical (unpaired) electrons. The number of aromatic nitrogens is 1. The molecule has 1 aromatic heterocycles. The number of fused-ring (bicyclic) bond motifs is 1. The number of nitrogens with zero attached hydrogens (tertiary/aromatic N) is 1. The summed E-state index contributed by atoms with van der Waals surface area (Å²) in [5.74, 6) is -0.576. The Balaban J connectivity index is 2.00. The van der Waals surface area contributed by atoms with E-state index in [0.29, 0.717) is 12.1 Å². The predicted molar refractivity (Wildman–Crippen MR) is 76.9 cm³/mol. The van der Waals surface area contributed by atoms with Crippen LogP contribution in [-0.4, -0.2) is 25.7 Å². The fourth-order valence-electron chi connectivity index (χ4n) is 2.83. The smallest absolute Gasteiger partial charge is 0.240 e. The first-order chi connectivity index (χ1) is 9.97. The highest BCUT2D eigenvalue weighted by molar-refractivity contribution is 7.89. The summed E-state index contributed by atoms with van der Waals surface area (Å²) in [5.41, 5.74) is 0.539. The number of hydrogen-bond acceptors (Lipinski definition) is 3. The van der Waals surface area contributed by atoms with Crippen LogP contribution < -0.4 is 5.14 Å². The second-order valence-corrected chi connectivity index (χ2v) is 6.82. The Bertz CT molecular complexity index is 764. The molecule has 114 valence electrons. The fourth-order valence-corrected chi connectivity index (χ4v) is 3.59. The molecule has 0 aliphatic carbocycles. The zero-order valence-corrected chi connectivity index (χ0v) is 12.3. The van der Waals surface area contributed by atoms with Gasteiger partial charge in [-0.05, 0) is 31.4 Å². The van der Waals surface area contributed by atoms with Gasteiger partial charge in [0, 0.05) is 19.3 Å². The Kier molecular flexibility index (Phi) is 3.73. The van der Waals surface area contributed by atoms with Gasteiger partial charge in [-0.25, -0.2) is 17.9 Å². The zero-order valence-electron chi connectivity index (χ0n) is 11.5. The summed E-state index contributed by atoms with van der Waals surface area (Å²) in [6, 6.07) is 4.50. The molecule has 1 atom stereocenters. The van der Waals surface area contributed by atoms with E-state index in [4.69, 9.17) is 9.88 Å². The number of primary sulfonamides is 1. The lowest BCUT2D eigenvalue weighted by molar-refractivity contribution is 0.101. The van der Waals surface area contributed by atoms with Crippen molar-refractivity contribution in [2.24, 2.45) is 5.14 Å². The number of halogens is 1. The molecule has 2 N–H and O–H groups in total. The van der Waals surface area contributed by atoms with Crippen LogP contribution in [0.2, 0.25) is 0 Å². The average Bonchev–Trinajstić information content (AvgIpc) is 3.03. The molecule has 2 aromatic rings. The number of hydrogen-bond donors (Lipinski definition) is 1. The Labute approximate surface area is 122 Å². The van der Waals surface area contributed by atoms with E-state index in [-0.39, 0.29) is 16.4 Å². The minimum Gasteiger partial charge on any atom is -0.378 e. The van der Waals surface area contributed by atoms with Gasteiger partial charge in [-0.15, -0.1) is 0 Å². The lowest BCUT2D eigenvalue weighted by atomic mass is 10.2. The van der Waals surface area contributed by atoms with Crippen molar-refractivity contribution in [3.63, 3.8) is 0 Å². The average molecular weight is 312 g/mol. The van der Waals surface area contributed by atoms with Gasteiger partial charge in [-0.3, -0.25) is 0 Å². The lowest BCUT2D eigenvalue weighted by Gasteiger charge is -2.10. The fraction of sp³-hybridized carbons (Fsp3) is 0.429. The largest absolute Gasteiger partial charge is 0.378 e. The highest BCUT2D eigenvalue weighted by Crippen LogP contribution is 2.28. The molecule has 0 amide bonds. The Hall–Kier alpha value is -1.44. The quantitative estimate of drug-likeness (QED) is 0.938. The number of nitrogens with two attached hydrogens (primary N) is 1. The van der Waals surface area contributed by atoms with E-state index >= 15 is 0 Å². The van der Waals surface area contributed by atoms with Crippen LogP contribution in [0.3, 0.4) is 0 Å². The van der Waals surface area contributed by atoms with E-state index in [1.165, 1.54) is 12.3 Å². The van der Waals surface area contributed by atoms with E-state index < -0.39 is 15.8 Å². The number of benzene rings is 1. The highest BCUT2D eigenvalue weighted by Gasteiger charge is 2.21. The van der Waals surface area contributed by atoms with Gasteiger partial charge in [0.05, 0.1) is 17.0 Å². The van der Waals surface area contributed by atoms with Gasteiger partial charge in [0.15, 0.2) is 0 Å². The minimum absolute atomic E-state index is 0.0624. The van der Waals surface area contributed by atoms with Gasteiger partial charge in [-0.2, -0.15) is 0 Å². The van der Waals surface area contributed by atoms with Crippen molar-refractivity contribution in [3.05, 3.63) is 30.2 Å². The van der Waals surface area contributed by atoms with Crippen molar-refractivity contribution in [3.8, 4) is 0 Å². The van der Waals surface area contributed by atoms with Gasteiger partial charge < -0.3 is 9.30 Å². The molecule has 1 fully saturated rings. The predicted octanol–water partition coefficient (Wildman–Crippen LogP) is 2.00. The standard InChI is InChI=1S/C14H17FN2O3S/c15-11-4-1-5-12-14(11)13(21(16,18)19)9-17(12)7-6-10-3-2-8-20-10/h1,4-5,9-10H,2-3,6-8H2,(H2,16,18,19). The second-order valence-electron chi connectivity index (χ2n) is 5.29. The SMILES string of the molecule is NS(=O)(=O)c1cn(CCC2CCCO2)c2cccc(F)c12. The van der Waals surface area contributed by atoms with Gasteiger partial charge in [0.25, 0.3) is 0 Å². The Morgan fingerprint density at radius 1 is 1.43 bits per heavy atom. The van der Waals surface area contributed by atoms with Crippen LogP contribution in [0.1, 0.15) is 19.3 Å². The van der Waals surface area contributed by atoms with E-state index in [2.05, 4.69) is 0 Å². The topological polar surface area (TPSA) is 74.3 Å². The normalized spacial score (nSPS) is 19.4. The summed E-state index contributed by atoms with van der Waals surface area (Å²) in [6.45, 7) is 1.34. The monoisotopic (exact) mass is 312 g/mol. The summed E-state index contributed by atoms with van der Waals surface area (Å²) in [6.07, 6.45) is 4.43. The maximum absolute atomic E-state index is 14.0. The first-order valence-electron chi connectivity index (χ1n) is 6.88. The first kappa shape index (κ1) is 14.5. The van der Waals surface area contributed by atoms with Crippen molar-refractivity contribution in [2.45, 2.75) is 36.8 Å². The van der Waals surface area contributed by atoms with E-state index in [9.17, 15) is 12.8 Å². The van der Waals surface area contributed by atoms with Crippen molar-refractivity contribution < 1.29 is 17.5 Å². The van der Waals surface area contributed by atoms with Gasteiger partial charge in [0.1, 0.15) is 10.7 Å². The van der Waals surface area contributed by atoms with Crippen LogP contribution >= 0.6 is 0 Å². The molecule has 7 heteroatoms. The highest BCUT2D eigenvalue weighted by atomic mass is 32.2. The van der Waals surface area contributed by atoms with Crippen molar-refractivity contribution >= 4 is 20.9 Å². The minimum atomic E-state index is -3.96. The zero-order chi connectivity index (χ0) is 15.0. The molecule has 1 saturated heterocycles. The van der Waals surface area contributed by atoms with Crippen LogP contribution in [0, 0.1) is 5.82 Å². The van der Waals surface area contributed by atoms with Crippen LogP contribution in [0.25, 0.3) is 10.9 Å². The summed E-state index contributed by atoms with van der Waals surface area (Å²) in [7, 11) is -3.96. The van der Waals surface area contributed by atoms with Crippen LogP contribution in [0.15, 0.2) is 29.3 Å². The summed E-state index contributed by atoms with van der Waals surface area (Å²) in [4.78, 5) is -0.164. The van der Waals surface area contributed by atoms with E-state index in [1.54, 1.807) is 16.7 Å². The number of rotatable bonds is 4. The third-order valence-electron chi connectivity index (χ3n) is 3.84. The molecule has 1 aliphatic heterocycles. The number of aryl methyl sites for hydroxylation is 1. The number of sulfonamides is 1. The van der Waals surface area contributed by atoms with Crippen LogP contribution in [-0.2, 0) is 21.3 Å². The molecular weight excluding hydrogens is 295 g/mol. The summed E-state index contributed by atoms with van der Waals surface area (Å²) >= 11 is 0. The molecule has 0 bridgehead atoms. The molecule has 3 rings (SSSR count). The van der Waals surface area contributed by atoms with E-state index in [0.717, 1.165) is 25.9 Å². The summed E-state index contributed by atoms with van der Waals surface area (Å²) in [5, 5.41) is 5.25. The molecule has 1 unspecified atom stereocenters. The molecule has 21 heavy (non-hydrogen) atoms. The maximum Gasteiger partial charge on any atom is 0.240 e. The third kappa shape index (κ3) is 2.81. The molecular formula is C14H17FN2O3S. The van der Waals surface area contributed by atoms with Crippen molar-refractivity contribution in [1.82, 2.24) is 4.57 Å². The molecule has 1 aromatic carbocycles. The van der Waals surface area contributed by atoms with Crippen molar-refractivity contribution in [2.75, 3.05) is 6.61 Å². The van der Waals surface area contributed by atoms with Gasteiger partial charge >= 0.3 is 0 Å². The Morgan fingerprint density at radius 2 is 2.24 bits per heavy atom. The molecule has 2 heterocycles. The van der Waals surface area contributed by atoms with E-state index in [1.807, 2.05) is 0 Å². The molecule has 5 nitrogen and oxygen atoms in total. The van der Waals surface area contributed by atoms with Gasteiger partial charge in [-0.1, -0.05) is 6.07 Å². The van der Waals surface area contributed by atoms with Crippen LogP contribution in [0.5, 0.6) is 0 Å². The Morgan fingerprint density at radius 3 is 2.90 bits per heavy atom. The third-order valence-corrected chi connectivity index (χ3v) is 4.77. The number of ether oxygens (including phenoxy) is 1. The molecule has 1 aliphatic rings. The van der Waals surface area contributed by atoms with Gasteiger partial charge in [0.2, 0.25) is 10.0 Å². The molecule has 0 spiro atoms.